The molecule has 0 bridgehead atoms. The zero-order valence-corrected chi connectivity index (χ0v) is 18.8. The molecule has 1 N–H and O–H groups in total. The molecule has 162 valence electrons. The summed E-state index contributed by atoms with van der Waals surface area (Å²) in [6, 6.07) is 0. The van der Waals surface area contributed by atoms with Crippen LogP contribution >= 0.6 is 0 Å². The lowest BCUT2D eigenvalue weighted by atomic mass is 10.0. The number of nitrogens with zero attached hydrogens (tertiary/aromatic N) is 1. The maximum Gasteiger partial charge on any atom is 0.361 e. The molecule has 0 aromatic rings. The molecule has 0 spiro atoms. The van der Waals surface area contributed by atoms with Crippen molar-refractivity contribution in [3.8, 4) is 0 Å². The number of hydrogen-bond acceptors (Lipinski definition) is 3. The molecule has 0 amide bonds. The Hall–Kier alpha value is -0.610. The third-order valence-corrected chi connectivity index (χ3v) is 5.16. The lowest BCUT2D eigenvalue weighted by Crippen LogP contribution is -2.45. The molecule has 0 rings (SSSR count). The maximum atomic E-state index is 11.8. The Labute approximate surface area is 169 Å². The van der Waals surface area contributed by atoms with Crippen molar-refractivity contribution in [3.05, 3.63) is 0 Å². The number of rotatable bonds is 19. The summed E-state index contributed by atoms with van der Waals surface area (Å²) in [6.45, 7) is 5.38. The topological polar surface area (TPSA) is 46.5 Å². The van der Waals surface area contributed by atoms with Gasteiger partial charge in [0.1, 0.15) is 6.61 Å². The molecule has 0 heterocycles. The highest BCUT2D eigenvalue weighted by Crippen LogP contribution is 2.13. The molecule has 0 saturated heterocycles. The van der Waals surface area contributed by atoms with Gasteiger partial charge in [0.25, 0.3) is 0 Å². The molecular formula is C23H48NO3+. The molecule has 1 unspecified atom stereocenters. The smallest absolute Gasteiger partial charge is 0.361 e. The van der Waals surface area contributed by atoms with Gasteiger partial charge in [-0.05, 0) is 19.8 Å². The SMILES string of the molecule is CCCCCCCCCCCCCCCC[N+](C)(C)CC(=O)OCC(C)O. The summed E-state index contributed by atoms with van der Waals surface area (Å²) in [4.78, 5) is 11.8. The fourth-order valence-electron chi connectivity index (χ4n) is 3.42. The third kappa shape index (κ3) is 19.9. The normalized spacial score (nSPS) is 12.9. The molecule has 0 saturated carbocycles. The van der Waals surface area contributed by atoms with Crippen LogP contribution in [-0.4, -0.2) is 55.5 Å². The minimum Gasteiger partial charge on any atom is -0.459 e. The van der Waals surface area contributed by atoms with Gasteiger partial charge in [-0.3, -0.25) is 0 Å². The number of esters is 1. The summed E-state index contributed by atoms with van der Waals surface area (Å²) in [6.07, 6.45) is 18.5. The highest BCUT2D eigenvalue weighted by atomic mass is 16.5. The van der Waals surface area contributed by atoms with Crippen LogP contribution in [0.5, 0.6) is 0 Å². The predicted molar refractivity (Wildman–Crippen MR) is 115 cm³/mol. The van der Waals surface area contributed by atoms with E-state index < -0.39 is 6.10 Å². The summed E-state index contributed by atoms with van der Waals surface area (Å²) in [7, 11) is 4.15. The fourth-order valence-corrected chi connectivity index (χ4v) is 3.42. The molecule has 4 nitrogen and oxygen atoms in total. The Kier molecular flexibility index (Phi) is 17.1. The van der Waals surface area contributed by atoms with Crippen LogP contribution in [0.15, 0.2) is 0 Å². The second-order valence-electron chi connectivity index (χ2n) is 8.95. The van der Waals surface area contributed by atoms with Crippen molar-refractivity contribution in [2.45, 2.75) is 110 Å². The molecule has 0 fully saturated rings. The molecule has 0 aromatic carbocycles. The average Bonchev–Trinajstić information content (AvgIpc) is 2.60. The third-order valence-electron chi connectivity index (χ3n) is 5.16. The first-order valence-electron chi connectivity index (χ1n) is 11.5. The lowest BCUT2D eigenvalue weighted by Gasteiger charge is -2.28. The van der Waals surface area contributed by atoms with E-state index >= 15 is 0 Å². The molecule has 0 aromatic heterocycles. The van der Waals surface area contributed by atoms with Gasteiger partial charge < -0.3 is 14.3 Å². The van der Waals surface area contributed by atoms with Crippen LogP contribution in [-0.2, 0) is 9.53 Å². The van der Waals surface area contributed by atoms with Gasteiger partial charge in [0.05, 0.1) is 26.7 Å². The van der Waals surface area contributed by atoms with Crippen molar-refractivity contribution >= 4 is 5.97 Å². The summed E-state index contributed by atoms with van der Waals surface area (Å²) in [5, 5.41) is 9.16. The molecule has 0 aliphatic rings. The van der Waals surface area contributed by atoms with Gasteiger partial charge in [0.15, 0.2) is 6.54 Å². The van der Waals surface area contributed by atoms with Crippen molar-refractivity contribution in [2.24, 2.45) is 0 Å². The van der Waals surface area contributed by atoms with E-state index in [1.165, 1.54) is 83.5 Å². The van der Waals surface area contributed by atoms with E-state index in [2.05, 4.69) is 21.0 Å². The summed E-state index contributed by atoms with van der Waals surface area (Å²) >= 11 is 0. The molecule has 0 aliphatic carbocycles. The van der Waals surface area contributed by atoms with Crippen molar-refractivity contribution in [1.29, 1.82) is 0 Å². The number of carbonyl (C=O) groups excluding carboxylic acids is 1. The number of unbranched alkanes of at least 4 members (excludes halogenated alkanes) is 13. The molecule has 0 aliphatic heterocycles. The number of aliphatic hydroxyl groups excluding tert-OH is 1. The minimum atomic E-state index is -0.588. The predicted octanol–water partition coefficient (Wildman–Crippen LogP) is 5.47. The van der Waals surface area contributed by atoms with Gasteiger partial charge in [-0.2, -0.15) is 0 Å². The standard InChI is InChI=1S/C23H48NO3/c1-5-6-7-8-9-10-11-12-13-14-15-16-17-18-19-24(3,4)20-23(26)27-21-22(2)25/h22,25H,5-21H2,1-4H3/q+1. The van der Waals surface area contributed by atoms with Crippen LogP contribution in [0.2, 0.25) is 0 Å². The Morgan fingerprint density at radius 2 is 1.22 bits per heavy atom. The molecule has 1 atom stereocenters. The average molecular weight is 387 g/mol. The second kappa shape index (κ2) is 17.5. The van der Waals surface area contributed by atoms with Crippen molar-refractivity contribution in [2.75, 3.05) is 33.8 Å². The van der Waals surface area contributed by atoms with Crippen LogP contribution in [0.3, 0.4) is 0 Å². The number of likely N-dealkylation sites (N-methyl/N-ethyl adjacent to an activating group) is 1. The quantitative estimate of drug-likeness (QED) is 0.182. The summed E-state index contributed by atoms with van der Waals surface area (Å²) in [5.74, 6) is -0.216. The van der Waals surface area contributed by atoms with Crippen LogP contribution in [0, 0.1) is 0 Å². The van der Waals surface area contributed by atoms with E-state index in [0.29, 0.717) is 11.0 Å². The number of hydrogen-bond donors (Lipinski definition) is 1. The minimum absolute atomic E-state index is 0.0949. The summed E-state index contributed by atoms with van der Waals surface area (Å²) in [5.41, 5.74) is 0. The van der Waals surface area contributed by atoms with Gasteiger partial charge in [-0.15, -0.1) is 0 Å². The van der Waals surface area contributed by atoms with E-state index in [1.54, 1.807) is 6.92 Å². The van der Waals surface area contributed by atoms with E-state index in [-0.39, 0.29) is 12.6 Å². The first kappa shape index (κ1) is 26.4. The largest absolute Gasteiger partial charge is 0.459 e. The molecule has 27 heavy (non-hydrogen) atoms. The number of quaternary nitrogens is 1. The van der Waals surface area contributed by atoms with Gasteiger partial charge in [-0.1, -0.05) is 84.0 Å². The van der Waals surface area contributed by atoms with Gasteiger partial charge in [0, 0.05) is 0 Å². The Morgan fingerprint density at radius 3 is 1.63 bits per heavy atom. The molecule has 0 radical (unpaired) electrons. The monoisotopic (exact) mass is 386 g/mol. The second-order valence-corrected chi connectivity index (χ2v) is 8.95. The van der Waals surface area contributed by atoms with Gasteiger partial charge in [0.2, 0.25) is 0 Å². The number of ether oxygens (including phenoxy) is 1. The first-order valence-corrected chi connectivity index (χ1v) is 11.5. The highest BCUT2D eigenvalue weighted by molar-refractivity contribution is 5.70. The Bertz CT molecular complexity index is 343. The van der Waals surface area contributed by atoms with E-state index in [4.69, 9.17) is 9.84 Å². The van der Waals surface area contributed by atoms with Crippen LogP contribution in [0.25, 0.3) is 0 Å². The van der Waals surface area contributed by atoms with Crippen molar-refractivity contribution < 1.29 is 19.1 Å². The van der Waals surface area contributed by atoms with E-state index in [1.807, 2.05) is 0 Å². The highest BCUT2D eigenvalue weighted by Gasteiger charge is 2.20. The molecular weight excluding hydrogens is 338 g/mol. The zero-order valence-electron chi connectivity index (χ0n) is 18.8. The van der Waals surface area contributed by atoms with Crippen molar-refractivity contribution in [1.82, 2.24) is 0 Å². The van der Waals surface area contributed by atoms with Gasteiger partial charge >= 0.3 is 5.97 Å². The van der Waals surface area contributed by atoms with Crippen LogP contribution in [0.4, 0.5) is 0 Å². The maximum absolute atomic E-state index is 11.8. The lowest BCUT2D eigenvalue weighted by molar-refractivity contribution is -0.883. The first-order chi connectivity index (χ1) is 12.9. The Balaban J connectivity index is 3.41. The van der Waals surface area contributed by atoms with Crippen LogP contribution in [0.1, 0.15) is 104 Å². The van der Waals surface area contributed by atoms with E-state index in [0.717, 1.165) is 13.0 Å². The van der Waals surface area contributed by atoms with Crippen molar-refractivity contribution in [3.63, 3.8) is 0 Å². The van der Waals surface area contributed by atoms with Crippen LogP contribution < -0.4 is 0 Å². The summed E-state index contributed by atoms with van der Waals surface area (Å²) < 4.78 is 5.72. The number of aliphatic hydroxyl groups is 1. The van der Waals surface area contributed by atoms with Gasteiger partial charge in [-0.25, -0.2) is 4.79 Å². The Morgan fingerprint density at radius 1 is 0.815 bits per heavy atom. The fraction of sp³-hybridized carbons (Fsp3) is 0.957. The molecule has 4 heteroatoms. The zero-order chi connectivity index (χ0) is 20.4. The van der Waals surface area contributed by atoms with E-state index in [9.17, 15) is 4.79 Å². The number of carbonyl (C=O) groups is 1.